The number of hydrogen-bond acceptors (Lipinski definition) is 3. The molecule has 14 heavy (non-hydrogen) atoms. The van der Waals surface area contributed by atoms with Crippen molar-refractivity contribution in [3.8, 4) is 11.8 Å². The summed E-state index contributed by atoms with van der Waals surface area (Å²) in [4.78, 5) is 3.86. The summed E-state index contributed by atoms with van der Waals surface area (Å²) in [6.07, 6.45) is 1.25. The number of nitriles is 1. The molecule has 1 N–H and O–H groups in total. The minimum atomic E-state index is -0.604. The van der Waals surface area contributed by atoms with E-state index in [0.29, 0.717) is 10.9 Å². The van der Waals surface area contributed by atoms with E-state index in [-0.39, 0.29) is 11.3 Å². The van der Waals surface area contributed by atoms with E-state index in [1.54, 1.807) is 6.07 Å². The van der Waals surface area contributed by atoms with Gasteiger partial charge in [0.25, 0.3) is 0 Å². The molecule has 0 amide bonds. The van der Waals surface area contributed by atoms with Gasteiger partial charge in [0.2, 0.25) is 0 Å². The summed E-state index contributed by atoms with van der Waals surface area (Å²) in [5.41, 5.74) is 0.441. The van der Waals surface area contributed by atoms with E-state index in [1.807, 2.05) is 0 Å². The SMILES string of the molecule is N#Cc1cc2ncc(O)cc2cc1F. The van der Waals surface area contributed by atoms with Crippen LogP contribution in [-0.4, -0.2) is 10.1 Å². The highest BCUT2D eigenvalue weighted by atomic mass is 19.1. The minimum Gasteiger partial charge on any atom is -0.506 e. The normalized spacial score (nSPS) is 10.0. The van der Waals surface area contributed by atoms with Gasteiger partial charge in [-0.1, -0.05) is 0 Å². The summed E-state index contributed by atoms with van der Waals surface area (Å²) in [6.45, 7) is 0. The zero-order valence-electron chi connectivity index (χ0n) is 7.03. The Morgan fingerprint density at radius 2 is 2.14 bits per heavy atom. The first-order valence-electron chi connectivity index (χ1n) is 3.89. The van der Waals surface area contributed by atoms with Crippen LogP contribution in [0.5, 0.6) is 5.75 Å². The van der Waals surface area contributed by atoms with Gasteiger partial charge in [0.15, 0.2) is 0 Å². The minimum absolute atomic E-state index is 0.0263. The summed E-state index contributed by atoms with van der Waals surface area (Å²) in [7, 11) is 0. The van der Waals surface area contributed by atoms with E-state index >= 15 is 0 Å². The van der Waals surface area contributed by atoms with Gasteiger partial charge in [-0.2, -0.15) is 5.26 Å². The smallest absolute Gasteiger partial charge is 0.141 e. The van der Waals surface area contributed by atoms with Crippen LogP contribution in [-0.2, 0) is 0 Å². The number of benzene rings is 1. The van der Waals surface area contributed by atoms with Crippen molar-refractivity contribution in [2.24, 2.45) is 0 Å². The van der Waals surface area contributed by atoms with Gasteiger partial charge >= 0.3 is 0 Å². The molecule has 4 heteroatoms. The molecule has 2 rings (SSSR count). The Kier molecular flexibility index (Phi) is 1.79. The van der Waals surface area contributed by atoms with Crippen LogP contribution in [0.1, 0.15) is 5.56 Å². The summed E-state index contributed by atoms with van der Waals surface area (Å²) in [5.74, 6) is -0.631. The van der Waals surface area contributed by atoms with Gasteiger partial charge in [-0.15, -0.1) is 0 Å². The van der Waals surface area contributed by atoms with Gasteiger partial charge < -0.3 is 5.11 Å². The number of halogens is 1. The molecule has 0 bridgehead atoms. The van der Waals surface area contributed by atoms with Crippen LogP contribution < -0.4 is 0 Å². The first-order chi connectivity index (χ1) is 6.70. The maximum absolute atomic E-state index is 13.1. The summed E-state index contributed by atoms with van der Waals surface area (Å²) >= 11 is 0. The van der Waals surface area contributed by atoms with Crippen molar-refractivity contribution in [1.82, 2.24) is 4.98 Å². The van der Waals surface area contributed by atoms with Gasteiger partial charge in [-0.3, -0.25) is 4.98 Å². The molecule has 0 aliphatic heterocycles. The maximum atomic E-state index is 13.1. The second kappa shape index (κ2) is 2.96. The Labute approximate surface area is 79.1 Å². The third kappa shape index (κ3) is 1.25. The molecule has 3 nitrogen and oxygen atoms in total. The summed E-state index contributed by atoms with van der Waals surface area (Å²) in [6, 6.07) is 5.65. The molecule has 0 saturated carbocycles. The van der Waals surface area contributed by atoms with Crippen LogP contribution in [0.4, 0.5) is 4.39 Å². The molecule has 0 aliphatic carbocycles. The lowest BCUT2D eigenvalue weighted by Gasteiger charge is -1.99. The van der Waals surface area contributed by atoms with Crippen molar-refractivity contribution < 1.29 is 9.50 Å². The molecule has 0 radical (unpaired) electrons. The van der Waals surface area contributed by atoms with Gasteiger partial charge in [0, 0.05) is 5.39 Å². The molecular weight excluding hydrogens is 183 g/mol. The standard InChI is InChI=1S/C10H5FN2O/c11-9-2-6-1-8(14)5-13-10(6)3-7(9)4-12/h1-3,5,14H. The third-order valence-corrected chi connectivity index (χ3v) is 1.88. The number of pyridine rings is 1. The number of aromatic hydroxyl groups is 1. The van der Waals surface area contributed by atoms with E-state index < -0.39 is 5.82 Å². The van der Waals surface area contributed by atoms with E-state index in [2.05, 4.69) is 4.98 Å². The van der Waals surface area contributed by atoms with Crippen LogP contribution in [0, 0.1) is 17.1 Å². The zero-order valence-corrected chi connectivity index (χ0v) is 7.03. The molecule has 68 valence electrons. The Balaban J connectivity index is 2.81. The summed E-state index contributed by atoms with van der Waals surface area (Å²) in [5, 5.41) is 18.1. The van der Waals surface area contributed by atoms with Gasteiger partial charge in [-0.05, 0) is 18.2 Å². The molecule has 0 atom stereocenters. The molecule has 1 aromatic heterocycles. The lowest BCUT2D eigenvalue weighted by Crippen LogP contribution is -1.86. The maximum Gasteiger partial charge on any atom is 0.141 e. The lowest BCUT2D eigenvalue weighted by molar-refractivity contribution is 0.474. The Morgan fingerprint density at radius 3 is 2.86 bits per heavy atom. The number of rotatable bonds is 0. The fraction of sp³-hybridized carbons (Fsp3) is 0. The molecule has 1 heterocycles. The molecule has 0 spiro atoms. The third-order valence-electron chi connectivity index (χ3n) is 1.88. The molecular formula is C10H5FN2O. The van der Waals surface area contributed by atoms with Crippen LogP contribution in [0.15, 0.2) is 24.4 Å². The molecule has 0 fully saturated rings. The highest BCUT2D eigenvalue weighted by Crippen LogP contribution is 2.20. The second-order valence-corrected chi connectivity index (χ2v) is 2.83. The van der Waals surface area contributed by atoms with Crippen molar-refractivity contribution >= 4 is 10.9 Å². The first-order valence-corrected chi connectivity index (χ1v) is 3.89. The molecule has 0 unspecified atom stereocenters. The highest BCUT2D eigenvalue weighted by Gasteiger charge is 2.05. The largest absolute Gasteiger partial charge is 0.506 e. The second-order valence-electron chi connectivity index (χ2n) is 2.83. The Bertz CT molecular complexity index is 546. The first kappa shape index (κ1) is 8.45. The average Bonchev–Trinajstić information content (AvgIpc) is 2.16. The molecule has 1 aromatic carbocycles. The van der Waals surface area contributed by atoms with E-state index in [0.717, 1.165) is 0 Å². The van der Waals surface area contributed by atoms with Crippen molar-refractivity contribution in [1.29, 1.82) is 5.26 Å². The van der Waals surface area contributed by atoms with Crippen molar-refractivity contribution in [2.75, 3.05) is 0 Å². The number of nitrogens with zero attached hydrogens (tertiary/aromatic N) is 2. The highest BCUT2D eigenvalue weighted by molar-refractivity contribution is 5.81. The van der Waals surface area contributed by atoms with E-state index in [4.69, 9.17) is 10.4 Å². The van der Waals surface area contributed by atoms with Crippen LogP contribution >= 0.6 is 0 Å². The molecule has 0 aliphatic rings. The topological polar surface area (TPSA) is 56.9 Å². The quantitative estimate of drug-likeness (QED) is 0.687. The van der Waals surface area contributed by atoms with Gasteiger partial charge in [0.1, 0.15) is 17.6 Å². The Morgan fingerprint density at radius 1 is 1.36 bits per heavy atom. The molecule has 2 aromatic rings. The average molecular weight is 188 g/mol. The van der Waals surface area contributed by atoms with Crippen molar-refractivity contribution in [3.05, 3.63) is 35.8 Å². The van der Waals surface area contributed by atoms with Gasteiger partial charge in [0.05, 0.1) is 17.3 Å². The fourth-order valence-electron chi connectivity index (χ4n) is 1.22. The predicted octanol–water partition coefficient (Wildman–Crippen LogP) is 1.95. The number of fused-ring (bicyclic) bond motifs is 1. The Hall–Kier alpha value is -2.15. The van der Waals surface area contributed by atoms with E-state index in [9.17, 15) is 4.39 Å². The van der Waals surface area contributed by atoms with Crippen LogP contribution in [0.2, 0.25) is 0 Å². The van der Waals surface area contributed by atoms with Crippen LogP contribution in [0.3, 0.4) is 0 Å². The van der Waals surface area contributed by atoms with E-state index in [1.165, 1.54) is 24.4 Å². The van der Waals surface area contributed by atoms with Crippen LogP contribution in [0.25, 0.3) is 10.9 Å². The molecule has 0 saturated heterocycles. The zero-order chi connectivity index (χ0) is 10.1. The summed E-state index contributed by atoms with van der Waals surface area (Å²) < 4.78 is 13.1. The van der Waals surface area contributed by atoms with Gasteiger partial charge in [-0.25, -0.2) is 4.39 Å². The lowest BCUT2D eigenvalue weighted by atomic mass is 10.1. The number of aromatic nitrogens is 1. The fourth-order valence-corrected chi connectivity index (χ4v) is 1.22. The van der Waals surface area contributed by atoms with Crippen molar-refractivity contribution in [3.63, 3.8) is 0 Å². The monoisotopic (exact) mass is 188 g/mol. The van der Waals surface area contributed by atoms with Crippen molar-refractivity contribution in [2.45, 2.75) is 0 Å². The number of hydrogen-bond donors (Lipinski definition) is 1. The predicted molar refractivity (Wildman–Crippen MR) is 48.1 cm³/mol.